The van der Waals surface area contributed by atoms with Gasteiger partial charge < -0.3 is 9.84 Å². The fraction of sp³-hybridized carbons (Fsp3) is 0.0909. The summed E-state index contributed by atoms with van der Waals surface area (Å²) in [5.74, 6) is -0.0875. The van der Waals surface area contributed by atoms with Crippen molar-refractivity contribution in [3.05, 3.63) is 77.6 Å². The Hall–Kier alpha value is -3.71. The number of benzene rings is 2. The van der Waals surface area contributed by atoms with E-state index in [9.17, 15) is 9.59 Å². The third kappa shape index (κ3) is 4.16. The molecule has 0 aliphatic heterocycles. The van der Waals surface area contributed by atoms with Crippen molar-refractivity contribution in [2.24, 2.45) is 0 Å². The Balaban J connectivity index is 1.58. The van der Waals surface area contributed by atoms with Crippen LogP contribution in [0, 0.1) is 0 Å². The topological polar surface area (TPSA) is 88.3 Å². The van der Waals surface area contributed by atoms with Crippen LogP contribution >= 0.6 is 11.6 Å². The van der Waals surface area contributed by atoms with Gasteiger partial charge in [-0.25, -0.2) is 4.98 Å². The first-order chi connectivity index (χ1) is 14.5. The van der Waals surface area contributed by atoms with Crippen LogP contribution in [0.1, 0.15) is 12.5 Å². The molecule has 0 unspecified atom stereocenters. The smallest absolute Gasteiger partial charge is 0.229 e. The minimum atomic E-state index is -0.235. The summed E-state index contributed by atoms with van der Waals surface area (Å²) in [6.45, 7) is 1.44. The summed E-state index contributed by atoms with van der Waals surface area (Å²) in [7, 11) is 0. The van der Waals surface area contributed by atoms with Crippen molar-refractivity contribution in [2.75, 3.05) is 10.2 Å². The van der Waals surface area contributed by atoms with E-state index in [2.05, 4.69) is 15.5 Å². The average molecular weight is 421 g/mol. The van der Waals surface area contributed by atoms with E-state index in [1.54, 1.807) is 42.6 Å². The molecular weight excluding hydrogens is 404 g/mol. The van der Waals surface area contributed by atoms with Crippen molar-refractivity contribution in [1.29, 1.82) is 0 Å². The first-order valence-electron chi connectivity index (χ1n) is 9.16. The number of pyridine rings is 1. The predicted molar refractivity (Wildman–Crippen MR) is 115 cm³/mol. The van der Waals surface area contributed by atoms with Gasteiger partial charge in [0.25, 0.3) is 0 Å². The van der Waals surface area contributed by atoms with Crippen LogP contribution < -0.4 is 10.2 Å². The Morgan fingerprint density at radius 1 is 1.13 bits per heavy atom. The third-order valence-corrected chi connectivity index (χ3v) is 4.85. The molecule has 0 saturated carbocycles. The molecule has 7 nitrogen and oxygen atoms in total. The number of hydrogen-bond donors (Lipinski definition) is 1. The molecule has 0 saturated heterocycles. The van der Waals surface area contributed by atoms with E-state index in [0.717, 1.165) is 10.9 Å². The number of fused-ring (bicyclic) bond motifs is 1. The second-order valence-corrected chi connectivity index (χ2v) is 7.03. The number of halogens is 1. The van der Waals surface area contributed by atoms with E-state index < -0.39 is 0 Å². The van der Waals surface area contributed by atoms with Crippen molar-refractivity contribution >= 4 is 51.6 Å². The quantitative estimate of drug-likeness (QED) is 0.503. The molecule has 0 radical (unpaired) electrons. The number of nitrogens with one attached hydrogen (secondary N) is 1. The number of anilines is 3. The summed E-state index contributed by atoms with van der Waals surface area (Å²) in [5, 5.41) is 7.95. The maximum Gasteiger partial charge on any atom is 0.229 e. The van der Waals surface area contributed by atoms with Gasteiger partial charge in [0.05, 0.1) is 18.3 Å². The second-order valence-electron chi connectivity index (χ2n) is 6.62. The van der Waals surface area contributed by atoms with Crippen LogP contribution in [0.2, 0.25) is 5.02 Å². The van der Waals surface area contributed by atoms with Crippen LogP contribution in [0.5, 0.6) is 0 Å². The predicted octanol–water partition coefficient (Wildman–Crippen LogP) is 4.74. The van der Waals surface area contributed by atoms with Crippen LogP contribution in [0.15, 0.2) is 71.5 Å². The zero-order valence-electron chi connectivity index (χ0n) is 16.0. The van der Waals surface area contributed by atoms with Crippen molar-refractivity contribution in [2.45, 2.75) is 13.3 Å². The van der Waals surface area contributed by atoms with Gasteiger partial charge in [-0.05, 0) is 29.8 Å². The van der Waals surface area contributed by atoms with Gasteiger partial charge in [0.15, 0.2) is 5.58 Å². The summed E-state index contributed by atoms with van der Waals surface area (Å²) in [5.41, 5.74) is 2.39. The third-order valence-electron chi connectivity index (χ3n) is 4.48. The van der Waals surface area contributed by atoms with Gasteiger partial charge in [-0.15, -0.1) is 0 Å². The SMILES string of the molecule is CC(=O)N(c1ccc2cnoc2c1)c1cc(NC(=O)Cc2ccccc2Cl)ccn1. The fourth-order valence-corrected chi connectivity index (χ4v) is 3.30. The van der Waals surface area contributed by atoms with Crippen LogP contribution in [-0.2, 0) is 16.0 Å². The Morgan fingerprint density at radius 3 is 2.77 bits per heavy atom. The Bertz CT molecular complexity index is 1240. The standard InChI is InChI=1S/C22H17ClN4O3/c1-14(28)27(18-7-6-16-13-25-30-20(16)12-18)21-11-17(8-9-24-21)26-22(29)10-15-4-2-3-5-19(15)23/h2-9,11-13H,10H2,1H3,(H,24,26,29). The van der Waals surface area contributed by atoms with Crippen molar-refractivity contribution < 1.29 is 14.1 Å². The van der Waals surface area contributed by atoms with E-state index in [4.69, 9.17) is 16.1 Å². The maximum atomic E-state index is 12.4. The molecule has 2 aromatic carbocycles. The molecule has 2 heterocycles. The number of carbonyl (C=O) groups is 2. The molecule has 2 aromatic heterocycles. The average Bonchev–Trinajstić information content (AvgIpc) is 3.18. The molecule has 0 aliphatic rings. The zero-order chi connectivity index (χ0) is 21.1. The molecule has 8 heteroatoms. The minimum Gasteiger partial charge on any atom is -0.356 e. The molecule has 30 heavy (non-hydrogen) atoms. The Morgan fingerprint density at radius 2 is 1.97 bits per heavy atom. The minimum absolute atomic E-state index is 0.135. The van der Waals surface area contributed by atoms with Crippen LogP contribution in [0.25, 0.3) is 11.0 Å². The van der Waals surface area contributed by atoms with E-state index in [1.807, 2.05) is 18.2 Å². The lowest BCUT2D eigenvalue weighted by molar-refractivity contribution is -0.116. The number of aromatic nitrogens is 2. The molecule has 0 fully saturated rings. The van der Waals surface area contributed by atoms with E-state index in [0.29, 0.717) is 27.8 Å². The van der Waals surface area contributed by atoms with Gasteiger partial charge in [0.1, 0.15) is 5.82 Å². The first kappa shape index (κ1) is 19.6. The number of hydrogen-bond acceptors (Lipinski definition) is 5. The summed E-state index contributed by atoms with van der Waals surface area (Å²) < 4.78 is 5.19. The molecule has 150 valence electrons. The van der Waals surface area contributed by atoms with Gasteiger partial charge in [-0.1, -0.05) is 35.0 Å². The molecule has 0 bridgehead atoms. The molecule has 1 N–H and O–H groups in total. The van der Waals surface area contributed by atoms with Crippen molar-refractivity contribution in [3.8, 4) is 0 Å². The number of amides is 2. The molecule has 2 amide bonds. The lowest BCUT2D eigenvalue weighted by Gasteiger charge is -2.20. The van der Waals surface area contributed by atoms with Crippen molar-refractivity contribution in [1.82, 2.24) is 10.1 Å². The van der Waals surface area contributed by atoms with Gasteiger partial charge in [0.2, 0.25) is 11.8 Å². The highest BCUT2D eigenvalue weighted by Gasteiger charge is 2.18. The number of rotatable bonds is 5. The van der Waals surface area contributed by atoms with Crippen LogP contribution in [-0.4, -0.2) is 22.0 Å². The number of carbonyl (C=O) groups excluding carboxylic acids is 2. The van der Waals surface area contributed by atoms with Crippen molar-refractivity contribution in [3.63, 3.8) is 0 Å². The van der Waals surface area contributed by atoms with Gasteiger partial charge in [-0.3, -0.25) is 14.5 Å². The van der Waals surface area contributed by atoms with E-state index in [-0.39, 0.29) is 18.2 Å². The molecule has 0 aliphatic carbocycles. The molecular formula is C22H17ClN4O3. The summed E-state index contributed by atoms with van der Waals surface area (Å²) in [4.78, 5) is 30.5. The summed E-state index contributed by atoms with van der Waals surface area (Å²) in [6.07, 6.45) is 3.27. The summed E-state index contributed by atoms with van der Waals surface area (Å²) in [6, 6.07) is 15.8. The van der Waals surface area contributed by atoms with Crippen LogP contribution in [0.3, 0.4) is 0 Å². The van der Waals surface area contributed by atoms with Gasteiger partial charge in [0, 0.05) is 41.3 Å². The first-order valence-corrected chi connectivity index (χ1v) is 9.53. The lowest BCUT2D eigenvalue weighted by Crippen LogP contribution is -2.24. The zero-order valence-corrected chi connectivity index (χ0v) is 16.8. The van der Waals surface area contributed by atoms with Crippen LogP contribution in [0.4, 0.5) is 17.2 Å². The van der Waals surface area contributed by atoms with E-state index in [1.165, 1.54) is 18.0 Å². The highest BCUT2D eigenvalue weighted by Crippen LogP contribution is 2.29. The number of nitrogens with zero attached hydrogens (tertiary/aromatic N) is 3. The van der Waals surface area contributed by atoms with E-state index >= 15 is 0 Å². The highest BCUT2D eigenvalue weighted by molar-refractivity contribution is 6.31. The monoisotopic (exact) mass is 420 g/mol. The highest BCUT2D eigenvalue weighted by atomic mass is 35.5. The van der Waals surface area contributed by atoms with Gasteiger partial charge in [-0.2, -0.15) is 0 Å². The second kappa shape index (κ2) is 8.34. The summed E-state index contributed by atoms with van der Waals surface area (Å²) >= 11 is 6.13. The Kier molecular flexibility index (Phi) is 5.45. The fourth-order valence-electron chi connectivity index (χ4n) is 3.10. The van der Waals surface area contributed by atoms with Gasteiger partial charge >= 0.3 is 0 Å². The maximum absolute atomic E-state index is 12.4. The molecule has 4 rings (SSSR count). The largest absolute Gasteiger partial charge is 0.356 e. The Labute approximate surface area is 177 Å². The molecule has 0 atom stereocenters. The normalized spacial score (nSPS) is 10.7. The molecule has 4 aromatic rings. The molecule has 0 spiro atoms. The lowest BCUT2D eigenvalue weighted by atomic mass is 10.1.